The molecule has 2 aromatic carbocycles. The summed E-state index contributed by atoms with van der Waals surface area (Å²) >= 11 is 1.09. The van der Waals surface area contributed by atoms with Gasteiger partial charge in [-0.25, -0.2) is 13.8 Å². The van der Waals surface area contributed by atoms with Crippen molar-refractivity contribution in [1.82, 2.24) is 14.8 Å². The number of aryl methyl sites for hydroxylation is 1. The number of amides is 1. The van der Waals surface area contributed by atoms with Crippen molar-refractivity contribution in [3.05, 3.63) is 69.3 Å². The van der Waals surface area contributed by atoms with Crippen molar-refractivity contribution in [2.24, 2.45) is 7.05 Å². The summed E-state index contributed by atoms with van der Waals surface area (Å²) in [5.41, 5.74) is 0.129. The van der Waals surface area contributed by atoms with Crippen LogP contribution in [0, 0.1) is 11.6 Å². The van der Waals surface area contributed by atoms with E-state index in [1.54, 1.807) is 12.4 Å². The first kappa shape index (κ1) is 19.6. The minimum absolute atomic E-state index is 0.0435. The molecule has 1 N–H and O–H groups in total. The largest absolute Gasteiger partial charge is 0.496 e. The third-order valence-corrected chi connectivity index (χ3v) is 5.15. The van der Waals surface area contributed by atoms with Gasteiger partial charge in [-0.2, -0.15) is 5.10 Å². The molecular weight excluding hydrogens is 414 g/mol. The van der Waals surface area contributed by atoms with E-state index in [0.29, 0.717) is 22.5 Å². The molecule has 0 saturated carbocycles. The van der Waals surface area contributed by atoms with Crippen molar-refractivity contribution in [1.29, 1.82) is 0 Å². The molecular formula is C20H14F2N4O3S. The van der Waals surface area contributed by atoms with Gasteiger partial charge in [0.05, 0.1) is 23.7 Å². The van der Waals surface area contributed by atoms with Crippen LogP contribution in [-0.4, -0.2) is 27.8 Å². The number of nitrogens with one attached hydrogen (secondary N) is 1. The summed E-state index contributed by atoms with van der Waals surface area (Å²) in [4.78, 5) is 29.5. The molecule has 0 radical (unpaired) electrons. The smallest absolute Gasteiger partial charge is 0.281 e. The van der Waals surface area contributed by atoms with Crippen LogP contribution in [0.3, 0.4) is 0 Å². The Bertz CT molecular complexity index is 1350. The van der Waals surface area contributed by atoms with Crippen molar-refractivity contribution >= 4 is 33.3 Å². The maximum atomic E-state index is 13.6. The number of aromatic nitrogens is 3. The molecule has 2 heterocycles. The van der Waals surface area contributed by atoms with Crippen LogP contribution in [0.1, 0.15) is 10.5 Å². The molecule has 0 unspecified atom stereocenters. The van der Waals surface area contributed by atoms with Crippen LogP contribution in [0.5, 0.6) is 5.75 Å². The van der Waals surface area contributed by atoms with Gasteiger partial charge in [0.15, 0.2) is 10.8 Å². The highest BCUT2D eigenvalue weighted by molar-refractivity contribution is 7.14. The zero-order valence-corrected chi connectivity index (χ0v) is 16.6. The fourth-order valence-electron chi connectivity index (χ4n) is 2.99. The number of ether oxygens (including phenoxy) is 1. The Kier molecular flexibility index (Phi) is 5.00. The third kappa shape index (κ3) is 3.52. The quantitative estimate of drug-likeness (QED) is 0.537. The van der Waals surface area contributed by atoms with E-state index in [0.717, 1.165) is 17.4 Å². The highest BCUT2D eigenvalue weighted by Crippen LogP contribution is 2.32. The van der Waals surface area contributed by atoms with E-state index in [1.807, 2.05) is 0 Å². The number of rotatable bonds is 4. The predicted molar refractivity (Wildman–Crippen MR) is 109 cm³/mol. The summed E-state index contributed by atoms with van der Waals surface area (Å²) < 4.78 is 33.7. The number of hydrogen-bond acceptors (Lipinski definition) is 6. The van der Waals surface area contributed by atoms with Crippen molar-refractivity contribution in [3.8, 4) is 17.0 Å². The first-order valence-electron chi connectivity index (χ1n) is 8.64. The average Bonchev–Trinajstić information content (AvgIpc) is 3.18. The molecule has 152 valence electrons. The molecule has 0 aliphatic carbocycles. The second-order valence-corrected chi connectivity index (χ2v) is 7.16. The number of hydrogen-bond donors (Lipinski definition) is 1. The van der Waals surface area contributed by atoms with E-state index in [1.165, 1.54) is 42.1 Å². The summed E-state index contributed by atoms with van der Waals surface area (Å²) in [7, 11) is 3.00. The monoisotopic (exact) mass is 428 g/mol. The van der Waals surface area contributed by atoms with Gasteiger partial charge in [-0.05, 0) is 36.4 Å². The second kappa shape index (κ2) is 7.64. The van der Waals surface area contributed by atoms with Crippen LogP contribution in [-0.2, 0) is 7.05 Å². The number of nitrogens with zero attached hydrogens (tertiary/aromatic N) is 3. The maximum Gasteiger partial charge on any atom is 0.281 e. The molecule has 4 rings (SSSR count). The standard InChI is InChI=1S/C20H14F2N4O3S/c1-26-15-5-3-10(21)8-13(15)18(27)17(25-26)19(28)24-20-23-14(9-30-20)12-7-11(22)4-6-16(12)29-2/h3-9H,1-2H3,(H,23,24,28). The van der Waals surface area contributed by atoms with Crippen LogP contribution in [0.4, 0.5) is 13.9 Å². The Morgan fingerprint density at radius 2 is 1.90 bits per heavy atom. The fraction of sp³-hybridized carbons (Fsp3) is 0.100. The van der Waals surface area contributed by atoms with E-state index in [4.69, 9.17) is 4.74 Å². The molecule has 7 nitrogen and oxygen atoms in total. The molecule has 4 aromatic rings. The van der Waals surface area contributed by atoms with Crippen LogP contribution < -0.4 is 15.5 Å². The van der Waals surface area contributed by atoms with Crippen molar-refractivity contribution < 1.29 is 18.3 Å². The van der Waals surface area contributed by atoms with E-state index >= 15 is 0 Å². The molecule has 2 aromatic heterocycles. The SMILES string of the molecule is COc1ccc(F)cc1-c1csc(NC(=O)c2nn(C)c3ccc(F)cc3c2=O)n1. The Morgan fingerprint density at radius 3 is 2.67 bits per heavy atom. The minimum atomic E-state index is -0.783. The van der Waals surface area contributed by atoms with Crippen LogP contribution in [0.25, 0.3) is 22.2 Å². The number of carbonyl (C=O) groups is 1. The first-order valence-corrected chi connectivity index (χ1v) is 9.52. The zero-order valence-electron chi connectivity index (χ0n) is 15.8. The van der Waals surface area contributed by atoms with Crippen LogP contribution in [0.15, 0.2) is 46.6 Å². The molecule has 1 amide bonds. The van der Waals surface area contributed by atoms with Gasteiger partial charge in [-0.3, -0.25) is 19.6 Å². The summed E-state index contributed by atoms with van der Waals surface area (Å²) in [6.07, 6.45) is 0. The number of halogens is 2. The Labute approximate surface area is 172 Å². The topological polar surface area (TPSA) is 86.1 Å². The van der Waals surface area contributed by atoms with E-state index in [2.05, 4.69) is 15.4 Å². The van der Waals surface area contributed by atoms with Crippen LogP contribution >= 0.6 is 11.3 Å². The lowest BCUT2D eigenvalue weighted by Gasteiger charge is -2.07. The zero-order chi connectivity index (χ0) is 21.4. The summed E-state index contributed by atoms with van der Waals surface area (Å²) in [6, 6.07) is 7.70. The lowest BCUT2D eigenvalue weighted by Crippen LogP contribution is -2.26. The highest BCUT2D eigenvalue weighted by Gasteiger charge is 2.19. The number of fused-ring (bicyclic) bond motifs is 1. The maximum absolute atomic E-state index is 13.6. The molecule has 0 aliphatic rings. The number of thiazole rings is 1. The molecule has 0 bridgehead atoms. The normalized spacial score (nSPS) is 10.9. The van der Waals surface area contributed by atoms with Gasteiger partial charge >= 0.3 is 0 Å². The van der Waals surface area contributed by atoms with E-state index < -0.39 is 28.7 Å². The minimum Gasteiger partial charge on any atom is -0.496 e. The lowest BCUT2D eigenvalue weighted by molar-refractivity contribution is 0.101. The highest BCUT2D eigenvalue weighted by atomic mass is 32.1. The molecule has 0 fully saturated rings. The second-order valence-electron chi connectivity index (χ2n) is 6.30. The lowest BCUT2D eigenvalue weighted by atomic mass is 10.1. The molecule has 0 atom stereocenters. The Morgan fingerprint density at radius 1 is 1.17 bits per heavy atom. The molecule has 0 saturated heterocycles. The number of methoxy groups -OCH3 is 1. The summed E-state index contributed by atoms with van der Waals surface area (Å²) in [5, 5.41) is 8.37. The number of anilines is 1. The number of carbonyl (C=O) groups excluding carboxylic acids is 1. The van der Waals surface area contributed by atoms with Crippen molar-refractivity contribution in [3.63, 3.8) is 0 Å². The van der Waals surface area contributed by atoms with E-state index in [-0.39, 0.29) is 10.5 Å². The molecule has 30 heavy (non-hydrogen) atoms. The summed E-state index contributed by atoms with van der Waals surface area (Å²) in [5.74, 6) is -1.41. The molecule has 0 spiro atoms. The van der Waals surface area contributed by atoms with Crippen molar-refractivity contribution in [2.45, 2.75) is 0 Å². The predicted octanol–water partition coefficient (Wildman–Crippen LogP) is 3.60. The average molecular weight is 428 g/mol. The van der Waals surface area contributed by atoms with Crippen molar-refractivity contribution in [2.75, 3.05) is 12.4 Å². The fourth-order valence-corrected chi connectivity index (χ4v) is 3.69. The van der Waals surface area contributed by atoms with Crippen LogP contribution in [0.2, 0.25) is 0 Å². The van der Waals surface area contributed by atoms with Gasteiger partial charge in [-0.15, -0.1) is 11.3 Å². The first-order chi connectivity index (χ1) is 14.4. The Balaban J connectivity index is 1.67. The third-order valence-electron chi connectivity index (χ3n) is 4.39. The molecule has 10 heteroatoms. The van der Waals surface area contributed by atoms with Gasteiger partial charge < -0.3 is 4.74 Å². The van der Waals surface area contributed by atoms with Gasteiger partial charge in [0.1, 0.15) is 17.4 Å². The number of benzene rings is 2. The van der Waals surface area contributed by atoms with Gasteiger partial charge in [-0.1, -0.05) is 0 Å². The van der Waals surface area contributed by atoms with Gasteiger partial charge in [0.2, 0.25) is 5.43 Å². The van der Waals surface area contributed by atoms with Gasteiger partial charge in [0, 0.05) is 18.0 Å². The van der Waals surface area contributed by atoms with Gasteiger partial charge in [0.25, 0.3) is 5.91 Å². The van der Waals surface area contributed by atoms with E-state index in [9.17, 15) is 18.4 Å². The summed E-state index contributed by atoms with van der Waals surface area (Å²) in [6.45, 7) is 0. The molecule has 0 aliphatic heterocycles. The Hall–Kier alpha value is -3.66.